The lowest BCUT2D eigenvalue weighted by Gasteiger charge is -2.29. The number of nitriles is 1. The lowest BCUT2D eigenvalue weighted by molar-refractivity contribution is 0.0704. The van der Waals surface area contributed by atoms with Crippen LogP contribution in [0.15, 0.2) is 24.3 Å². The fourth-order valence-corrected chi connectivity index (χ4v) is 2.20. The van der Waals surface area contributed by atoms with Crippen LogP contribution in [0.2, 0.25) is 0 Å². The summed E-state index contributed by atoms with van der Waals surface area (Å²) in [6.45, 7) is 1.30. The van der Waals surface area contributed by atoms with E-state index in [0.29, 0.717) is 24.4 Å². The summed E-state index contributed by atoms with van der Waals surface area (Å²) in [4.78, 5) is 14.1. The van der Waals surface area contributed by atoms with Crippen molar-refractivity contribution in [3.8, 4) is 11.8 Å². The van der Waals surface area contributed by atoms with Crippen LogP contribution in [0, 0.1) is 17.2 Å². The minimum absolute atomic E-state index is 0.0103. The SMILES string of the molecule is COc1ccccc1C(=O)N1CCC(C#N)CC1. The molecule has 1 heterocycles. The van der Waals surface area contributed by atoms with Gasteiger partial charge in [-0.3, -0.25) is 4.79 Å². The molecule has 94 valence electrons. The van der Waals surface area contributed by atoms with Crippen molar-refractivity contribution in [2.24, 2.45) is 5.92 Å². The van der Waals surface area contributed by atoms with Crippen LogP contribution in [-0.2, 0) is 0 Å². The number of carbonyl (C=O) groups excluding carboxylic acids is 1. The Bertz CT molecular complexity index is 471. The number of methoxy groups -OCH3 is 1. The van der Waals surface area contributed by atoms with Crippen LogP contribution in [-0.4, -0.2) is 31.0 Å². The van der Waals surface area contributed by atoms with Crippen molar-refractivity contribution in [2.45, 2.75) is 12.8 Å². The van der Waals surface area contributed by atoms with E-state index in [4.69, 9.17) is 10.00 Å². The van der Waals surface area contributed by atoms with Crippen LogP contribution < -0.4 is 4.74 Å². The lowest BCUT2D eigenvalue weighted by atomic mass is 9.98. The number of nitrogens with zero attached hydrogens (tertiary/aromatic N) is 2. The Morgan fingerprint density at radius 2 is 2.06 bits per heavy atom. The van der Waals surface area contributed by atoms with Gasteiger partial charge in [-0.25, -0.2) is 0 Å². The largest absolute Gasteiger partial charge is 0.496 e. The van der Waals surface area contributed by atoms with Crippen molar-refractivity contribution in [3.05, 3.63) is 29.8 Å². The Balaban J connectivity index is 2.10. The number of hydrogen-bond acceptors (Lipinski definition) is 3. The normalized spacial score (nSPS) is 16.1. The fraction of sp³-hybridized carbons (Fsp3) is 0.429. The Morgan fingerprint density at radius 1 is 1.39 bits per heavy atom. The molecular formula is C14H16N2O2. The summed E-state index contributed by atoms with van der Waals surface area (Å²) in [7, 11) is 1.56. The van der Waals surface area contributed by atoms with E-state index in [0.717, 1.165) is 12.8 Å². The molecule has 1 aliphatic heterocycles. The molecule has 0 bridgehead atoms. The standard InChI is InChI=1S/C14H16N2O2/c1-18-13-5-3-2-4-12(13)14(17)16-8-6-11(10-15)7-9-16/h2-5,11H,6-9H2,1H3. The number of ether oxygens (including phenoxy) is 1. The highest BCUT2D eigenvalue weighted by molar-refractivity contribution is 5.97. The average molecular weight is 244 g/mol. The summed E-state index contributed by atoms with van der Waals surface area (Å²) in [5.41, 5.74) is 0.593. The van der Waals surface area contributed by atoms with E-state index in [2.05, 4.69) is 6.07 Å². The molecule has 1 fully saturated rings. The first-order valence-corrected chi connectivity index (χ1v) is 6.08. The van der Waals surface area contributed by atoms with Crippen molar-refractivity contribution >= 4 is 5.91 Å². The molecule has 1 aromatic rings. The number of para-hydroxylation sites is 1. The summed E-state index contributed by atoms with van der Waals surface area (Å²) in [6.07, 6.45) is 1.52. The predicted octanol–water partition coefficient (Wildman–Crippen LogP) is 2.07. The molecule has 2 rings (SSSR count). The molecule has 4 heteroatoms. The van der Waals surface area contributed by atoms with Gasteiger partial charge in [0.1, 0.15) is 5.75 Å². The Labute approximate surface area is 107 Å². The lowest BCUT2D eigenvalue weighted by Crippen LogP contribution is -2.38. The van der Waals surface area contributed by atoms with Crippen molar-refractivity contribution in [3.63, 3.8) is 0 Å². The van der Waals surface area contributed by atoms with Crippen molar-refractivity contribution in [1.82, 2.24) is 4.90 Å². The quantitative estimate of drug-likeness (QED) is 0.800. The zero-order valence-electron chi connectivity index (χ0n) is 10.4. The molecule has 0 radical (unpaired) electrons. The fourth-order valence-electron chi connectivity index (χ4n) is 2.20. The van der Waals surface area contributed by atoms with Gasteiger partial charge < -0.3 is 9.64 Å². The molecule has 1 aromatic carbocycles. The van der Waals surface area contributed by atoms with Gasteiger partial charge in [0.2, 0.25) is 0 Å². The Hall–Kier alpha value is -2.02. The maximum atomic E-state index is 12.3. The molecule has 0 aliphatic carbocycles. The van der Waals surface area contributed by atoms with Crippen molar-refractivity contribution in [1.29, 1.82) is 5.26 Å². The summed E-state index contributed by atoms with van der Waals surface area (Å²) >= 11 is 0. The highest BCUT2D eigenvalue weighted by Crippen LogP contribution is 2.23. The van der Waals surface area contributed by atoms with E-state index in [9.17, 15) is 4.79 Å². The van der Waals surface area contributed by atoms with Gasteiger partial charge in [0.05, 0.1) is 18.7 Å². The Morgan fingerprint density at radius 3 is 2.67 bits per heavy atom. The number of likely N-dealkylation sites (tertiary alicyclic amines) is 1. The molecule has 0 N–H and O–H groups in total. The molecule has 1 saturated heterocycles. The highest BCUT2D eigenvalue weighted by Gasteiger charge is 2.24. The predicted molar refractivity (Wildman–Crippen MR) is 67.2 cm³/mol. The molecule has 4 nitrogen and oxygen atoms in total. The monoisotopic (exact) mass is 244 g/mol. The van der Waals surface area contributed by atoms with Gasteiger partial charge in [0.15, 0.2) is 0 Å². The van der Waals surface area contributed by atoms with E-state index in [1.165, 1.54) is 0 Å². The van der Waals surface area contributed by atoms with E-state index in [-0.39, 0.29) is 11.8 Å². The van der Waals surface area contributed by atoms with E-state index < -0.39 is 0 Å². The van der Waals surface area contributed by atoms with Crippen LogP contribution in [0.5, 0.6) is 5.75 Å². The van der Waals surface area contributed by atoms with Gasteiger partial charge in [0.25, 0.3) is 5.91 Å². The van der Waals surface area contributed by atoms with Gasteiger partial charge in [-0.15, -0.1) is 0 Å². The summed E-state index contributed by atoms with van der Waals surface area (Å²) in [5.74, 6) is 0.681. The number of benzene rings is 1. The second kappa shape index (κ2) is 5.54. The zero-order valence-corrected chi connectivity index (χ0v) is 10.4. The molecule has 0 unspecified atom stereocenters. The molecule has 18 heavy (non-hydrogen) atoms. The van der Waals surface area contributed by atoms with Crippen LogP contribution in [0.3, 0.4) is 0 Å². The third kappa shape index (κ3) is 2.45. The third-order valence-electron chi connectivity index (χ3n) is 3.30. The summed E-state index contributed by atoms with van der Waals surface area (Å²) < 4.78 is 5.20. The number of hydrogen-bond donors (Lipinski definition) is 0. The topological polar surface area (TPSA) is 53.3 Å². The molecule has 0 atom stereocenters. The first-order chi connectivity index (χ1) is 8.76. The second-order valence-corrected chi connectivity index (χ2v) is 4.40. The van der Waals surface area contributed by atoms with Crippen LogP contribution in [0.4, 0.5) is 0 Å². The van der Waals surface area contributed by atoms with Gasteiger partial charge in [-0.2, -0.15) is 5.26 Å². The first kappa shape index (κ1) is 12.4. The molecule has 1 aliphatic rings. The maximum Gasteiger partial charge on any atom is 0.257 e. The van der Waals surface area contributed by atoms with Gasteiger partial charge in [0, 0.05) is 19.0 Å². The second-order valence-electron chi connectivity index (χ2n) is 4.40. The summed E-state index contributed by atoms with van der Waals surface area (Å²) in [6, 6.07) is 9.50. The first-order valence-electron chi connectivity index (χ1n) is 6.08. The Kier molecular flexibility index (Phi) is 3.83. The van der Waals surface area contributed by atoms with Crippen LogP contribution in [0.25, 0.3) is 0 Å². The van der Waals surface area contributed by atoms with E-state index in [1.54, 1.807) is 24.1 Å². The minimum Gasteiger partial charge on any atom is -0.496 e. The minimum atomic E-state index is -0.0103. The number of amides is 1. The van der Waals surface area contributed by atoms with Gasteiger partial charge in [-0.05, 0) is 25.0 Å². The van der Waals surface area contributed by atoms with Crippen molar-refractivity contribution < 1.29 is 9.53 Å². The third-order valence-corrected chi connectivity index (χ3v) is 3.30. The number of carbonyl (C=O) groups is 1. The molecule has 0 saturated carbocycles. The molecule has 1 amide bonds. The smallest absolute Gasteiger partial charge is 0.257 e. The average Bonchev–Trinajstić information content (AvgIpc) is 2.46. The van der Waals surface area contributed by atoms with Crippen molar-refractivity contribution in [2.75, 3.05) is 20.2 Å². The van der Waals surface area contributed by atoms with E-state index >= 15 is 0 Å². The van der Waals surface area contributed by atoms with Crippen LogP contribution in [0.1, 0.15) is 23.2 Å². The zero-order chi connectivity index (χ0) is 13.0. The van der Waals surface area contributed by atoms with Crippen LogP contribution >= 0.6 is 0 Å². The summed E-state index contributed by atoms with van der Waals surface area (Å²) in [5, 5.41) is 8.84. The molecular weight excluding hydrogens is 228 g/mol. The van der Waals surface area contributed by atoms with E-state index in [1.807, 2.05) is 12.1 Å². The molecule has 0 aromatic heterocycles. The highest BCUT2D eigenvalue weighted by atomic mass is 16.5. The van der Waals surface area contributed by atoms with Gasteiger partial charge in [-0.1, -0.05) is 12.1 Å². The van der Waals surface area contributed by atoms with Gasteiger partial charge >= 0.3 is 0 Å². The maximum absolute atomic E-state index is 12.3. The molecule has 0 spiro atoms. The number of piperidine rings is 1. The number of rotatable bonds is 2.